The van der Waals surface area contributed by atoms with Gasteiger partial charge in [0.2, 0.25) is 0 Å². The maximum atomic E-state index is 13.9. The largest absolute Gasteiger partial charge is 0.495 e. The summed E-state index contributed by atoms with van der Waals surface area (Å²) in [5, 5.41) is 14.2. The van der Waals surface area contributed by atoms with Crippen LogP contribution in [0.5, 0.6) is 5.75 Å². The molecule has 0 atom stereocenters. The Morgan fingerprint density at radius 1 is 0.636 bits per heavy atom. The van der Waals surface area contributed by atoms with Crippen molar-refractivity contribution in [1.82, 2.24) is 29.3 Å². The van der Waals surface area contributed by atoms with Crippen molar-refractivity contribution in [3.63, 3.8) is 0 Å². The first-order valence-electron chi connectivity index (χ1n) is 18.5. The molecule has 0 N–H and O–H groups in total. The van der Waals surface area contributed by atoms with E-state index in [4.69, 9.17) is 15.0 Å². The van der Waals surface area contributed by atoms with Crippen LogP contribution in [0, 0.1) is 0 Å². The Bertz CT molecular complexity index is 2590. The molecule has 0 amide bonds. The van der Waals surface area contributed by atoms with Crippen LogP contribution in [0.1, 0.15) is 42.0 Å². The van der Waals surface area contributed by atoms with E-state index in [1.807, 2.05) is 90.5 Å². The quantitative estimate of drug-likeness (QED) is 0.118. The zero-order chi connectivity index (χ0) is 37.8. The number of ether oxygens (including phenoxy) is 1. The van der Waals surface area contributed by atoms with Crippen LogP contribution in [-0.2, 0) is 18.6 Å². The lowest BCUT2D eigenvalue weighted by Gasteiger charge is -2.36. The van der Waals surface area contributed by atoms with Gasteiger partial charge in [-0.15, -0.1) is 5.10 Å². The number of para-hydroxylation sites is 1. The summed E-state index contributed by atoms with van der Waals surface area (Å²) in [4.78, 5) is 27.4. The third-order valence-corrected chi connectivity index (χ3v) is 10.3. The van der Waals surface area contributed by atoms with Crippen molar-refractivity contribution in [2.75, 3.05) is 7.11 Å². The van der Waals surface area contributed by atoms with Gasteiger partial charge in [-0.3, -0.25) is 13.9 Å². The number of methoxy groups -OCH3 is 1. The van der Waals surface area contributed by atoms with Crippen molar-refractivity contribution in [3.05, 3.63) is 201 Å². The predicted octanol–water partition coefficient (Wildman–Crippen LogP) is 8.18. The number of tetrazole rings is 1. The molecule has 6 aromatic carbocycles. The molecule has 0 unspecified atom stereocenters. The van der Waals surface area contributed by atoms with Gasteiger partial charge >= 0.3 is 5.69 Å². The number of fused-ring (bicyclic) bond motifs is 1. The van der Waals surface area contributed by atoms with Crippen LogP contribution < -0.4 is 16.0 Å². The summed E-state index contributed by atoms with van der Waals surface area (Å²) in [5.74, 6) is 1.09. The second kappa shape index (κ2) is 15.2. The molecule has 55 heavy (non-hydrogen) atoms. The second-order valence-corrected chi connectivity index (χ2v) is 13.5. The summed E-state index contributed by atoms with van der Waals surface area (Å²) in [6.07, 6.45) is 1.59. The van der Waals surface area contributed by atoms with E-state index in [-0.39, 0.29) is 17.8 Å². The summed E-state index contributed by atoms with van der Waals surface area (Å²) < 4.78 is 10.6. The first-order chi connectivity index (χ1) is 27.1. The summed E-state index contributed by atoms with van der Waals surface area (Å²) >= 11 is 0. The highest BCUT2D eigenvalue weighted by molar-refractivity contribution is 5.84. The first kappa shape index (κ1) is 35.2. The van der Waals surface area contributed by atoms with Gasteiger partial charge in [-0.05, 0) is 62.4 Å². The molecular formula is C46H40N6O3. The Kier molecular flexibility index (Phi) is 9.74. The van der Waals surface area contributed by atoms with Crippen molar-refractivity contribution in [2.24, 2.45) is 0 Å². The molecule has 8 rings (SSSR count). The zero-order valence-electron chi connectivity index (χ0n) is 30.7. The molecule has 0 saturated carbocycles. The lowest BCUT2D eigenvalue weighted by atomic mass is 9.77. The molecule has 0 bridgehead atoms. The number of benzene rings is 6. The highest BCUT2D eigenvalue weighted by Gasteiger charge is 2.42. The minimum absolute atomic E-state index is 0.260. The molecule has 9 nitrogen and oxygen atoms in total. The van der Waals surface area contributed by atoms with E-state index in [0.717, 1.165) is 51.8 Å². The van der Waals surface area contributed by atoms with Gasteiger partial charge in [0, 0.05) is 12.1 Å². The number of nitrogens with zero attached hydrogens (tertiary/aromatic N) is 6. The zero-order valence-corrected chi connectivity index (χ0v) is 30.7. The van der Waals surface area contributed by atoms with E-state index in [0.29, 0.717) is 29.0 Å². The van der Waals surface area contributed by atoms with Crippen LogP contribution in [0.4, 0.5) is 0 Å². The van der Waals surface area contributed by atoms with Crippen LogP contribution in [0.3, 0.4) is 0 Å². The Labute approximate surface area is 318 Å². The van der Waals surface area contributed by atoms with Crippen molar-refractivity contribution in [1.29, 1.82) is 0 Å². The third-order valence-electron chi connectivity index (χ3n) is 10.3. The molecule has 0 fully saturated rings. The summed E-state index contributed by atoms with van der Waals surface area (Å²) in [7, 11) is 1.55. The number of aromatic nitrogens is 6. The smallest absolute Gasteiger partial charge is 0.331 e. The lowest BCUT2D eigenvalue weighted by molar-refractivity contribution is 0.416. The van der Waals surface area contributed by atoms with Gasteiger partial charge in [-0.2, -0.15) is 0 Å². The first-order valence-corrected chi connectivity index (χ1v) is 18.5. The van der Waals surface area contributed by atoms with Gasteiger partial charge in [0.25, 0.3) is 5.56 Å². The Balaban J connectivity index is 1.24. The topological polar surface area (TPSA) is 96.8 Å². The summed E-state index contributed by atoms with van der Waals surface area (Å²) in [6, 6.07) is 52.6. The molecule has 0 aliphatic heterocycles. The van der Waals surface area contributed by atoms with Gasteiger partial charge in [0.05, 0.1) is 19.0 Å². The second-order valence-electron chi connectivity index (χ2n) is 13.5. The number of hydrogen-bond acceptors (Lipinski definition) is 6. The normalized spacial score (nSPS) is 11.5. The fraction of sp³-hybridized carbons (Fsp3) is 0.152. The maximum absolute atomic E-state index is 13.9. The van der Waals surface area contributed by atoms with Gasteiger partial charge in [-0.1, -0.05) is 159 Å². The molecule has 0 aliphatic rings. The van der Waals surface area contributed by atoms with E-state index in [1.54, 1.807) is 29.9 Å². The fourth-order valence-corrected chi connectivity index (χ4v) is 7.66. The molecule has 272 valence electrons. The molecule has 0 spiro atoms. The molecule has 0 saturated heterocycles. The maximum Gasteiger partial charge on any atom is 0.331 e. The summed E-state index contributed by atoms with van der Waals surface area (Å²) in [6.45, 7) is 2.66. The van der Waals surface area contributed by atoms with Gasteiger partial charge < -0.3 is 4.74 Å². The molecule has 2 aromatic heterocycles. The molecule has 2 heterocycles. The average Bonchev–Trinajstić information content (AvgIpc) is 3.74. The van der Waals surface area contributed by atoms with E-state index >= 15 is 0 Å². The molecular weight excluding hydrogens is 685 g/mol. The number of unbranched alkanes of at least 4 members (excludes halogenated alkanes) is 1. The molecule has 0 aliphatic carbocycles. The van der Waals surface area contributed by atoms with Gasteiger partial charge in [0.15, 0.2) is 5.82 Å². The van der Waals surface area contributed by atoms with Crippen LogP contribution in [0.25, 0.3) is 33.4 Å². The molecule has 8 aromatic rings. The Morgan fingerprint density at radius 3 is 1.80 bits per heavy atom. The third kappa shape index (κ3) is 6.23. The van der Waals surface area contributed by atoms with Crippen LogP contribution in [0.15, 0.2) is 167 Å². The average molecular weight is 725 g/mol. The van der Waals surface area contributed by atoms with Crippen LogP contribution in [0.2, 0.25) is 0 Å². The van der Waals surface area contributed by atoms with Gasteiger partial charge in [0.1, 0.15) is 16.8 Å². The highest BCUT2D eigenvalue weighted by Crippen LogP contribution is 2.43. The predicted molar refractivity (Wildman–Crippen MR) is 216 cm³/mol. The summed E-state index contributed by atoms with van der Waals surface area (Å²) in [5.41, 5.74) is 5.67. The van der Waals surface area contributed by atoms with Crippen LogP contribution >= 0.6 is 0 Å². The minimum Gasteiger partial charge on any atom is -0.495 e. The van der Waals surface area contributed by atoms with Crippen LogP contribution in [-0.4, -0.2) is 36.5 Å². The Morgan fingerprint density at radius 2 is 1.22 bits per heavy atom. The highest BCUT2D eigenvalue weighted by atomic mass is 16.5. The van der Waals surface area contributed by atoms with Crippen molar-refractivity contribution >= 4 is 10.9 Å². The van der Waals surface area contributed by atoms with E-state index in [2.05, 4.69) is 65.9 Å². The standard InChI is InChI=1S/C46H40N6O3/c1-3-4-31-50-44(53)40-25-16-26-41(55-2)42(40)51(45(50)54)32-33-27-29-34(30-28-33)38-23-14-15-24-39(38)43-47-48-49-52(43)46(35-17-8-5-9-18-35,36-19-10-6-11-20-36)37-21-12-7-13-22-37/h5-30H,3-4,31-32H2,1-2H3. The van der Waals surface area contributed by atoms with Crippen molar-refractivity contribution in [2.45, 2.75) is 38.4 Å². The SMILES string of the molecule is CCCCn1c(=O)c2cccc(OC)c2n(Cc2ccc(-c3ccccc3-c3nnnn3C(c3ccccc3)(c3ccccc3)c3ccccc3)cc2)c1=O. The number of rotatable bonds is 12. The number of hydrogen-bond donors (Lipinski definition) is 0. The van der Waals surface area contributed by atoms with E-state index < -0.39 is 5.54 Å². The molecule has 9 heteroatoms. The minimum atomic E-state index is -0.899. The fourth-order valence-electron chi connectivity index (χ4n) is 7.66. The van der Waals surface area contributed by atoms with Crippen molar-refractivity contribution < 1.29 is 4.74 Å². The van der Waals surface area contributed by atoms with E-state index in [9.17, 15) is 9.59 Å². The molecule has 0 radical (unpaired) electrons. The Hall–Kier alpha value is -6.87. The van der Waals surface area contributed by atoms with E-state index in [1.165, 1.54) is 4.57 Å². The van der Waals surface area contributed by atoms with Crippen molar-refractivity contribution in [3.8, 4) is 28.3 Å². The van der Waals surface area contributed by atoms with Gasteiger partial charge in [-0.25, -0.2) is 9.48 Å². The monoisotopic (exact) mass is 724 g/mol. The lowest BCUT2D eigenvalue weighted by Crippen LogP contribution is -2.40.